The van der Waals surface area contributed by atoms with E-state index in [-0.39, 0.29) is 17.9 Å². The summed E-state index contributed by atoms with van der Waals surface area (Å²) >= 11 is 0. The molecule has 2 aromatic rings. The van der Waals surface area contributed by atoms with E-state index >= 15 is 0 Å². The quantitative estimate of drug-likeness (QED) is 0.902. The third kappa shape index (κ3) is 3.69. The van der Waals surface area contributed by atoms with E-state index < -0.39 is 0 Å². The van der Waals surface area contributed by atoms with Crippen LogP contribution in [0.1, 0.15) is 35.5 Å². The number of oxazole rings is 1. The minimum atomic E-state index is -0.316. The lowest BCUT2D eigenvalue weighted by Crippen LogP contribution is -2.35. The number of aliphatic hydroxyl groups is 1. The number of carbonyl (C=O) groups is 1. The maximum atomic E-state index is 12.7. The third-order valence-electron chi connectivity index (χ3n) is 4.81. The molecular formula is C19H24N2O4. The molecule has 0 saturated heterocycles. The van der Waals surface area contributed by atoms with E-state index in [1.54, 1.807) is 26.0 Å². The molecule has 0 radical (unpaired) electrons. The molecule has 1 aromatic heterocycles. The fraction of sp³-hybridized carbons (Fsp3) is 0.474. The van der Waals surface area contributed by atoms with Crippen LogP contribution in [0.5, 0.6) is 5.75 Å². The number of aliphatic hydroxyl groups excluding tert-OH is 1. The van der Waals surface area contributed by atoms with E-state index in [1.807, 2.05) is 24.3 Å². The zero-order chi connectivity index (χ0) is 18.0. The molecule has 1 aromatic carbocycles. The summed E-state index contributed by atoms with van der Waals surface area (Å²) in [5, 5.41) is 9.96. The number of rotatable bonds is 5. The van der Waals surface area contributed by atoms with Gasteiger partial charge >= 0.3 is 0 Å². The zero-order valence-electron chi connectivity index (χ0n) is 14.9. The van der Waals surface area contributed by atoms with Gasteiger partial charge in [0.1, 0.15) is 11.5 Å². The molecule has 1 N–H and O–H groups in total. The minimum Gasteiger partial charge on any atom is -0.497 e. The standard InChI is InChI=1S/C19H24N2O4/c1-12-17(19(23)21(2)11-14-5-4-6-16(14)22)20-18(25-12)13-7-9-15(24-3)10-8-13/h7-10,14,16,22H,4-6,11H2,1-3H3. The normalized spacial score (nSPS) is 19.8. The molecule has 2 atom stereocenters. The highest BCUT2D eigenvalue weighted by molar-refractivity contribution is 5.93. The van der Waals surface area contributed by atoms with Gasteiger partial charge in [0.2, 0.25) is 5.89 Å². The average Bonchev–Trinajstić information content (AvgIpc) is 3.20. The summed E-state index contributed by atoms with van der Waals surface area (Å²) in [4.78, 5) is 18.7. The number of ether oxygens (including phenoxy) is 1. The summed E-state index contributed by atoms with van der Waals surface area (Å²) in [5.74, 6) is 1.62. The SMILES string of the molecule is COc1ccc(-c2nc(C(=O)N(C)CC3CCCC3O)c(C)o2)cc1. The van der Waals surface area contributed by atoms with E-state index in [0.717, 1.165) is 30.6 Å². The number of amides is 1. The maximum Gasteiger partial charge on any atom is 0.275 e. The molecule has 2 unspecified atom stereocenters. The van der Waals surface area contributed by atoms with Gasteiger partial charge in [0.25, 0.3) is 5.91 Å². The van der Waals surface area contributed by atoms with Crippen molar-refractivity contribution in [3.8, 4) is 17.2 Å². The molecule has 1 aliphatic rings. The third-order valence-corrected chi connectivity index (χ3v) is 4.81. The van der Waals surface area contributed by atoms with Gasteiger partial charge in [-0.1, -0.05) is 6.42 Å². The number of methoxy groups -OCH3 is 1. The Labute approximate surface area is 147 Å². The van der Waals surface area contributed by atoms with E-state index in [4.69, 9.17) is 9.15 Å². The first kappa shape index (κ1) is 17.5. The zero-order valence-corrected chi connectivity index (χ0v) is 14.9. The van der Waals surface area contributed by atoms with Gasteiger partial charge in [-0.25, -0.2) is 4.98 Å². The number of hydrogen-bond donors (Lipinski definition) is 1. The molecule has 1 fully saturated rings. The van der Waals surface area contributed by atoms with Gasteiger partial charge in [0.05, 0.1) is 13.2 Å². The van der Waals surface area contributed by atoms with Gasteiger partial charge in [0.15, 0.2) is 5.69 Å². The molecule has 0 aliphatic heterocycles. The van der Waals surface area contributed by atoms with Gasteiger partial charge < -0.3 is 19.2 Å². The molecule has 1 heterocycles. The lowest BCUT2D eigenvalue weighted by atomic mass is 10.1. The Morgan fingerprint density at radius 3 is 2.68 bits per heavy atom. The van der Waals surface area contributed by atoms with Gasteiger partial charge in [-0.15, -0.1) is 0 Å². The van der Waals surface area contributed by atoms with Crippen LogP contribution in [0, 0.1) is 12.8 Å². The Kier molecular flexibility index (Phi) is 5.08. The summed E-state index contributed by atoms with van der Waals surface area (Å²) in [5.41, 5.74) is 1.11. The van der Waals surface area contributed by atoms with Gasteiger partial charge in [-0.3, -0.25) is 4.79 Å². The molecule has 1 amide bonds. The smallest absolute Gasteiger partial charge is 0.275 e. The molecule has 3 rings (SSSR count). The summed E-state index contributed by atoms with van der Waals surface area (Å²) < 4.78 is 10.8. The van der Waals surface area contributed by atoms with Crippen molar-refractivity contribution in [2.24, 2.45) is 5.92 Å². The van der Waals surface area contributed by atoms with E-state index in [9.17, 15) is 9.90 Å². The summed E-state index contributed by atoms with van der Waals surface area (Å²) in [7, 11) is 3.35. The largest absolute Gasteiger partial charge is 0.497 e. The number of aryl methyl sites for hydroxylation is 1. The first-order chi connectivity index (χ1) is 12.0. The van der Waals surface area contributed by atoms with Crippen molar-refractivity contribution in [3.05, 3.63) is 35.7 Å². The Balaban J connectivity index is 1.75. The van der Waals surface area contributed by atoms with Crippen molar-refractivity contribution >= 4 is 5.91 Å². The predicted molar refractivity (Wildman–Crippen MR) is 93.5 cm³/mol. The Morgan fingerprint density at radius 2 is 2.08 bits per heavy atom. The molecule has 25 heavy (non-hydrogen) atoms. The van der Waals surface area contributed by atoms with Gasteiger partial charge in [0, 0.05) is 25.1 Å². The topological polar surface area (TPSA) is 75.8 Å². The summed E-state index contributed by atoms with van der Waals surface area (Å²) in [6.07, 6.45) is 2.47. The van der Waals surface area contributed by atoms with Crippen molar-refractivity contribution in [2.75, 3.05) is 20.7 Å². The molecular weight excluding hydrogens is 320 g/mol. The second-order valence-corrected chi connectivity index (χ2v) is 6.60. The lowest BCUT2D eigenvalue weighted by molar-refractivity contribution is 0.0687. The van der Waals surface area contributed by atoms with E-state index in [0.29, 0.717) is 23.9 Å². The van der Waals surface area contributed by atoms with Crippen LogP contribution >= 0.6 is 0 Å². The minimum absolute atomic E-state index is 0.141. The highest BCUT2D eigenvalue weighted by Gasteiger charge is 2.29. The monoisotopic (exact) mass is 344 g/mol. The molecule has 6 nitrogen and oxygen atoms in total. The molecule has 1 aliphatic carbocycles. The Morgan fingerprint density at radius 1 is 1.36 bits per heavy atom. The molecule has 134 valence electrons. The summed E-state index contributed by atoms with van der Waals surface area (Å²) in [6, 6.07) is 7.34. The first-order valence-electron chi connectivity index (χ1n) is 8.55. The molecule has 1 saturated carbocycles. The van der Waals surface area contributed by atoms with Crippen molar-refractivity contribution in [1.82, 2.24) is 9.88 Å². The fourth-order valence-electron chi connectivity index (χ4n) is 3.30. The second-order valence-electron chi connectivity index (χ2n) is 6.60. The van der Waals surface area contributed by atoms with Crippen LogP contribution in [0.15, 0.2) is 28.7 Å². The molecule has 0 bridgehead atoms. The second kappa shape index (κ2) is 7.27. The van der Waals surface area contributed by atoms with Crippen LogP contribution in [-0.2, 0) is 0 Å². The highest BCUT2D eigenvalue weighted by Crippen LogP contribution is 2.27. The lowest BCUT2D eigenvalue weighted by Gasteiger charge is -2.22. The van der Waals surface area contributed by atoms with Crippen LogP contribution in [0.3, 0.4) is 0 Å². The van der Waals surface area contributed by atoms with Crippen LogP contribution in [0.25, 0.3) is 11.5 Å². The van der Waals surface area contributed by atoms with Crippen molar-refractivity contribution < 1.29 is 19.1 Å². The summed E-state index contributed by atoms with van der Waals surface area (Å²) in [6.45, 7) is 2.27. The average molecular weight is 344 g/mol. The van der Waals surface area contributed by atoms with Crippen molar-refractivity contribution in [3.63, 3.8) is 0 Å². The number of benzene rings is 1. The first-order valence-corrected chi connectivity index (χ1v) is 8.55. The number of carbonyl (C=O) groups excluding carboxylic acids is 1. The Bertz CT molecular complexity index is 738. The highest BCUT2D eigenvalue weighted by atomic mass is 16.5. The van der Waals surface area contributed by atoms with Crippen molar-refractivity contribution in [1.29, 1.82) is 0 Å². The van der Waals surface area contributed by atoms with Crippen molar-refractivity contribution in [2.45, 2.75) is 32.3 Å². The molecule has 6 heteroatoms. The van der Waals surface area contributed by atoms with E-state index in [2.05, 4.69) is 4.98 Å². The van der Waals surface area contributed by atoms with Crippen LogP contribution < -0.4 is 4.74 Å². The number of hydrogen-bond acceptors (Lipinski definition) is 5. The number of nitrogens with zero attached hydrogens (tertiary/aromatic N) is 2. The number of aromatic nitrogens is 1. The van der Waals surface area contributed by atoms with Crippen LogP contribution in [0.4, 0.5) is 0 Å². The van der Waals surface area contributed by atoms with Gasteiger partial charge in [-0.2, -0.15) is 0 Å². The van der Waals surface area contributed by atoms with Crippen LogP contribution in [0.2, 0.25) is 0 Å². The maximum absolute atomic E-state index is 12.7. The fourth-order valence-corrected chi connectivity index (χ4v) is 3.30. The van der Waals surface area contributed by atoms with E-state index in [1.165, 1.54) is 0 Å². The molecule has 0 spiro atoms. The van der Waals surface area contributed by atoms with Gasteiger partial charge in [-0.05, 0) is 44.0 Å². The Hall–Kier alpha value is -2.34. The van der Waals surface area contributed by atoms with Crippen LogP contribution in [-0.4, -0.2) is 47.7 Å². The predicted octanol–water partition coefficient (Wildman–Crippen LogP) is 2.89.